The second-order valence-electron chi connectivity index (χ2n) is 4.37. The van der Waals surface area contributed by atoms with E-state index in [1.165, 1.54) is 0 Å². The van der Waals surface area contributed by atoms with Crippen molar-refractivity contribution in [3.05, 3.63) is 33.9 Å². The van der Waals surface area contributed by atoms with Crippen LogP contribution in [0.2, 0.25) is 0 Å². The molecular formula is C12H13F2NO5. The van der Waals surface area contributed by atoms with Gasteiger partial charge in [-0.15, -0.1) is 0 Å². The van der Waals surface area contributed by atoms with Crippen LogP contribution in [0.5, 0.6) is 5.75 Å². The lowest BCUT2D eigenvalue weighted by molar-refractivity contribution is -0.387. The minimum atomic E-state index is -1.18. The summed E-state index contributed by atoms with van der Waals surface area (Å²) >= 11 is 0. The number of benzene rings is 1. The first-order chi connectivity index (χ1) is 9.43. The first-order valence-electron chi connectivity index (χ1n) is 6.03. The number of aliphatic hydroxyl groups is 1. The van der Waals surface area contributed by atoms with Gasteiger partial charge in [-0.3, -0.25) is 10.1 Å². The molecular weight excluding hydrogens is 276 g/mol. The topological polar surface area (TPSA) is 81.8 Å². The zero-order chi connectivity index (χ0) is 14.9. The van der Waals surface area contributed by atoms with Gasteiger partial charge in [-0.25, -0.2) is 4.39 Å². The van der Waals surface area contributed by atoms with E-state index in [0.717, 1.165) is 0 Å². The van der Waals surface area contributed by atoms with Crippen LogP contribution in [0.1, 0.15) is 13.3 Å². The fourth-order valence-corrected chi connectivity index (χ4v) is 2.00. The zero-order valence-electron chi connectivity index (χ0n) is 10.6. The van der Waals surface area contributed by atoms with Gasteiger partial charge in [0.05, 0.1) is 17.1 Å². The van der Waals surface area contributed by atoms with Crippen LogP contribution in [-0.2, 0) is 4.74 Å². The van der Waals surface area contributed by atoms with E-state index in [-0.39, 0.29) is 6.42 Å². The summed E-state index contributed by atoms with van der Waals surface area (Å²) in [6.07, 6.45) is -1.72. The number of halogens is 2. The molecule has 0 heterocycles. The van der Waals surface area contributed by atoms with Crippen molar-refractivity contribution in [3.63, 3.8) is 0 Å². The summed E-state index contributed by atoms with van der Waals surface area (Å²) in [6.45, 7) is 2.08. The van der Waals surface area contributed by atoms with Gasteiger partial charge in [0.25, 0.3) is 0 Å². The number of hydrogen-bond donors (Lipinski definition) is 1. The van der Waals surface area contributed by atoms with E-state index in [1.807, 2.05) is 0 Å². The summed E-state index contributed by atoms with van der Waals surface area (Å²) in [5, 5.41) is 19.9. The van der Waals surface area contributed by atoms with Crippen molar-refractivity contribution in [1.82, 2.24) is 0 Å². The van der Waals surface area contributed by atoms with Gasteiger partial charge in [-0.05, 0) is 6.92 Å². The Kier molecular flexibility index (Phi) is 4.15. The van der Waals surface area contributed by atoms with Gasteiger partial charge >= 0.3 is 5.69 Å². The van der Waals surface area contributed by atoms with Crippen molar-refractivity contribution in [2.24, 2.45) is 0 Å². The van der Waals surface area contributed by atoms with Gasteiger partial charge < -0.3 is 14.6 Å². The third-order valence-electron chi connectivity index (χ3n) is 3.05. The SMILES string of the molecule is CCOC1C(O)CC1Oc1cc(F)c([N+](=O)[O-])cc1F. The first-order valence-corrected chi connectivity index (χ1v) is 6.03. The van der Waals surface area contributed by atoms with Crippen LogP contribution in [0.15, 0.2) is 12.1 Å². The Morgan fingerprint density at radius 2 is 2.15 bits per heavy atom. The molecule has 6 nitrogen and oxygen atoms in total. The van der Waals surface area contributed by atoms with E-state index < -0.39 is 46.3 Å². The fraction of sp³-hybridized carbons (Fsp3) is 0.500. The Labute approximate surface area is 113 Å². The molecule has 0 saturated heterocycles. The summed E-state index contributed by atoms with van der Waals surface area (Å²) in [5.41, 5.74) is -0.954. The van der Waals surface area contributed by atoms with Crippen LogP contribution in [0.3, 0.4) is 0 Å². The third-order valence-corrected chi connectivity index (χ3v) is 3.05. The highest BCUT2D eigenvalue weighted by Gasteiger charge is 2.43. The van der Waals surface area contributed by atoms with E-state index in [2.05, 4.69) is 0 Å². The largest absolute Gasteiger partial charge is 0.484 e. The molecule has 1 aliphatic rings. The lowest BCUT2D eigenvalue weighted by Gasteiger charge is -2.40. The molecule has 2 rings (SSSR count). The first kappa shape index (κ1) is 14.6. The number of nitrogens with zero attached hydrogens (tertiary/aromatic N) is 1. The molecule has 1 aromatic carbocycles. The van der Waals surface area contributed by atoms with Crippen LogP contribution in [0, 0.1) is 21.7 Å². The zero-order valence-corrected chi connectivity index (χ0v) is 10.6. The van der Waals surface area contributed by atoms with Crippen molar-refractivity contribution in [3.8, 4) is 5.75 Å². The molecule has 0 spiro atoms. The number of hydrogen-bond acceptors (Lipinski definition) is 5. The van der Waals surface area contributed by atoms with E-state index in [1.54, 1.807) is 6.92 Å². The van der Waals surface area contributed by atoms with Crippen LogP contribution >= 0.6 is 0 Å². The molecule has 110 valence electrons. The smallest absolute Gasteiger partial charge is 0.307 e. The van der Waals surface area contributed by atoms with Crippen LogP contribution in [-0.4, -0.2) is 34.9 Å². The molecule has 3 unspecified atom stereocenters. The van der Waals surface area contributed by atoms with Crippen LogP contribution < -0.4 is 4.74 Å². The van der Waals surface area contributed by atoms with Crippen molar-refractivity contribution in [2.45, 2.75) is 31.7 Å². The summed E-state index contributed by atoms with van der Waals surface area (Å²) in [4.78, 5) is 9.44. The average Bonchev–Trinajstić information content (AvgIpc) is 2.38. The third kappa shape index (κ3) is 2.70. The Bertz CT molecular complexity index is 525. The maximum absolute atomic E-state index is 13.6. The monoisotopic (exact) mass is 289 g/mol. The molecule has 8 heteroatoms. The molecule has 1 aromatic rings. The maximum atomic E-state index is 13.6. The lowest BCUT2D eigenvalue weighted by atomic mass is 9.88. The molecule has 0 aliphatic heterocycles. The van der Waals surface area contributed by atoms with Gasteiger partial charge in [-0.2, -0.15) is 4.39 Å². The molecule has 0 amide bonds. The average molecular weight is 289 g/mol. The van der Waals surface area contributed by atoms with Crippen LogP contribution in [0.25, 0.3) is 0 Å². The van der Waals surface area contributed by atoms with Gasteiger partial charge in [0, 0.05) is 19.1 Å². The van der Waals surface area contributed by atoms with E-state index in [0.29, 0.717) is 18.7 Å². The Hall–Kier alpha value is -1.80. The van der Waals surface area contributed by atoms with Crippen molar-refractivity contribution >= 4 is 5.69 Å². The van der Waals surface area contributed by atoms with E-state index in [4.69, 9.17) is 9.47 Å². The Morgan fingerprint density at radius 3 is 2.70 bits per heavy atom. The molecule has 1 saturated carbocycles. The molecule has 0 aromatic heterocycles. The lowest BCUT2D eigenvalue weighted by Crippen LogP contribution is -2.55. The standard InChI is InChI=1S/C12H13F2NO5/c1-2-19-12-9(16)5-11(12)20-10-4-6(13)8(15(17)18)3-7(10)14/h3-4,9,11-12,16H,2,5H2,1H3. The molecule has 1 N–H and O–H groups in total. The minimum Gasteiger partial charge on any atom is -0.484 e. The van der Waals surface area contributed by atoms with E-state index in [9.17, 15) is 24.0 Å². The summed E-state index contributed by atoms with van der Waals surface area (Å²) in [5.74, 6) is -2.65. The Morgan fingerprint density at radius 1 is 1.45 bits per heavy atom. The number of rotatable bonds is 5. The van der Waals surface area contributed by atoms with E-state index >= 15 is 0 Å². The summed E-state index contributed by atoms with van der Waals surface area (Å²) in [7, 11) is 0. The van der Waals surface area contributed by atoms with Crippen LogP contribution in [0.4, 0.5) is 14.5 Å². The fourth-order valence-electron chi connectivity index (χ4n) is 2.00. The predicted octanol–water partition coefficient (Wildman–Crippen LogP) is 1.79. The number of aliphatic hydroxyl groups excluding tert-OH is 1. The molecule has 0 bridgehead atoms. The molecule has 3 atom stereocenters. The second kappa shape index (κ2) is 5.68. The normalized spacial score (nSPS) is 25.1. The summed E-state index contributed by atoms with van der Waals surface area (Å²) in [6, 6.07) is 1.09. The highest BCUT2D eigenvalue weighted by molar-refractivity contribution is 5.39. The number of nitro groups is 1. The van der Waals surface area contributed by atoms with Gasteiger partial charge in [0.15, 0.2) is 11.6 Å². The van der Waals surface area contributed by atoms with Crippen molar-refractivity contribution in [2.75, 3.05) is 6.61 Å². The molecule has 20 heavy (non-hydrogen) atoms. The number of ether oxygens (including phenoxy) is 2. The summed E-state index contributed by atoms with van der Waals surface area (Å²) < 4.78 is 37.4. The molecule has 0 radical (unpaired) electrons. The Balaban J connectivity index is 2.14. The second-order valence-corrected chi connectivity index (χ2v) is 4.37. The molecule has 1 fully saturated rings. The van der Waals surface area contributed by atoms with Gasteiger partial charge in [0.2, 0.25) is 5.82 Å². The molecule has 1 aliphatic carbocycles. The van der Waals surface area contributed by atoms with Crippen molar-refractivity contribution in [1.29, 1.82) is 0 Å². The van der Waals surface area contributed by atoms with Gasteiger partial charge in [-0.1, -0.05) is 0 Å². The maximum Gasteiger partial charge on any atom is 0.307 e. The highest BCUT2D eigenvalue weighted by Crippen LogP contribution is 2.32. The predicted molar refractivity (Wildman–Crippen MR) is 63.5 cm³/mol. The minimum absolute atomic E-state index is 0.225. The number of nitro benzene ring substituents is 1. The quantitative estimate of drug-likeness (QED) is 0.660. The highest BCUT2D eigenvalue weighted by atomic mass is 19.1. The van der Waals surface area contributed by atoms with Crippen molar-refractivity contribution < 1.29 is 28.3 Å². The van der Waals surface area contributed by atoms with Gasteiger partial charge in [0.1, 0.15) is 12.2 Å².